The minimum Gasteiger partial charge on any atom is -0.497 e. The summed E-state index contributed by atoms with van der Waals surface area (Å²) in [5.41, 5.74) is 4.24. The monoisotopic (exact) mass is 635 g/mol. The lowest BCUT2D eigenvalue weighted by Crippen LogP contribution is -2.45. The summed E-state index contributed by atoms with van der Waals surface area (Å²) in [6.45, 7) is 2.53. The number of hydrogen-bond donors (Lipinski definition) is 4. The van der Waals surface area contributed by atoms with Crippen LogP contribution in [0.4, 0.5) is 10.5 Å². The Kier molecular flexibility index (Phi) is 11.1. The zero-order chi connectivity index (χ0) is 32.3. The molecule has 8 nitrogen and oxygen atoms in total. The van der Waals surface area contributed by atoms with Crippen molar-refractivity contribution < 1.29 is 14.3 Å². The van der Waals surface area contributed by atoms with Crippen molar-refractivity contribution in [3.05, 3.63) is 137 Å². The van der Waals surface area contributed by atoms with Gasteiger partial charge in [0.05, 0.1) is 24.4 Å². The van der Waals surface area contributed by atoms with Crippen LogP contribution in [0.3, 0.4) is 0 Å². The molecule has 5 aromatic rings. The Morgan fingerprint density at radius 3 is 2.20 bits per heavy atom. The van der Waals surface area contributed by atoms with Crippen molar-refractivity contribution in [1.82, 2.24) is 20.9 Å². The molecule has 3 atom stereocenters. The molecule has 0 saturated heterocycles. The fraction of sp³-hybridized carbons (Fsp3) is 0.216. The van der Waals surface area contributed by atoms with Gasteiger partial charge >= 0.3 is 6.03 Å². The van der Waals surface area contributed by atoms with Crippen molar-refractivity contribution in [2.45, 2.75) is 37.9 Å². The van der Waals surface area contributed by atoms with E-state index in [-0.39, 0.29) is 11.9 Å². The highest BCUT2D eigenvalue weighted by Gasteiger charge is 2.26. The summed E-state index contributed by atoms with van der Waals surface area (Å²) in [5, 5.41) is 14.1. The number of methoxy groups -OCH3 is 1. The van der Waals surface area contributed by atoms with E-state index in [1.165, 1.54) is 0 Å². The summed E-state index contributed by atoms with van der Waals surface area (Å²) in [6, 6.07) is 32.5. The molecule has 0 saturated carbocycles. The maximum atomic E-state index is 13.8. The van der Waals surface area contributed by atoms with E-state index in [1.54, 1.807) is 25.4 Å². The second kappa shape index (κ2) is 15.8. The smallest absolute Gasteiger partial charge is 0.315 e. The highest BCUT2D eigenvalue weighted by Crippen LogP contribution is 2.29. The molecule has 0 fully saturated rings. The van der Waals surface area contributed by atoms with Crippen molar-refractivity contribution in [3.8, 4) is 5.75 Å². The number of aromatic nitrogens is 1. The van der Waals surface area contributed by atoms with E-state index in [9.17, 15) is 9.59 Å². The number of amides is 3. The molecule has 0 radical (unpaired) electrons. The van der Waals surface area contributed by atoms with Crippen LogP contribution in [0, 0.1) is 0 Å². The lowest BCUT2D eigenvalue weighted by molar-refractivity contribution is -0.123. The van der Waals surface area contributed by atoms with Crippen LogP contribution in [0.2, 0.25) is 5.02 Å². The average Bonchev–Trinajstić information content (AvgIpc) is 3.09. The van der Waals surface area contributed by atoms with Crippen molar-refractivity contribution in [3.63, 3.8) is 0 Å². The largest absolute Gasteiger partial charge is 0.497 e. The van der Waals surface area contributed by atoms with Gasteiger partial charge in [0.2, 0.25) is 5.91 Å². The summed E-state index contributed by atoms with van der Waals surface area (Å²) in [5.74, 6) is 0.427. The van der Waals surface area contributed by atoms with E-state index < -0.39 is 18.1 Å². The van der Waals surface area contributed by atoms with Crippen LogP contribution < -0.4 is 26.0 Å². The van der Waals surface area contributed by atoms with Gasteiger partial charge in [-0.2, -0.15) is 0 Å². The number of fused-ring (bicyclic) bond motifs is 1. The molecule has 0 aliphatic carbocycles. The summed E-state index contributed by atoms with van der Waals surface area (Å²) < 4.78 is 5.46. The van der Waals surface area contributed by atoms with Gasteiger partial charge < -0.3 is 26.0 Å². The van der Waals surface area contributed by atoms with Crippen LogP contribution in [-0.4, -0.2) is 36.6 Å². The van der Waals surface area contributed by atoms with Gasteiger partial charge in [-0.3, -0.25) is 9.78 Å². The summed E-state index contributed by atoms with van der Waals surface area (Å²) in [4.78, 5) is 31.5. The number of hydrogen-bond acceptors (Lipinski definition) is 5. The molecule has 1 aromatic heterocycles. The molecule has 0 aliphatic heterocycles. The number of ether oxygens (including phenoxy) is 1. The highest BCUT2D eigenvalue weighted by atomic mass is 35.5. The van der Waals surface area contributed by atoms with Crippen LogP contribution in [0.1, 0.15) is 48.5 Å². The van der Waals surface area contributed by atoms with E-state index in [0.29, 0.717) is 17.1 Å². The van der Waals surface area contributed by atoms with Gasteiger partial charge in [-0.1, -0.05) is 90.5 Å². The van der Waals surface area contributed by atoms with Gasteiger partial charge in [0.25, 0.3) is 0 Å². The molecule has 236 valence electrons. The van der Waals surface area contributed by atoms with Gasteiger partial charge in [0.1, 0.15) is 11.8 Å². The predicted molar refractivity (Wildman–Crippen MR) is 184 cm³/mol. The minimum atomic E-state index is -0.908. The number of urea groups is 1. The fourth-order valence-electron chi connectivity index (χ4n) is 5.35. The number of rotatable bonds is 13. The molecule has 9 heteroatoms. The maximum absolute atomic E-state index is 13.8. The number of pyridine rings is 1. The van der Waals surface area contributed by atoms with Crippen LogP contribution >= 0.6 is 11.6 Å². The molecule has 3 unspecified atom stereocenters. The van der Waals surface area contributed by atoms with E-state index >= 15 is 0 Å². The third-order valence-corrected chi connectivity index (χ3v) is 7.96. The number of carbonyl (C=O) groups is 2. The second-order valence-corrected chi connectivity index (χ2v) is 11.5. The minimum absolute atomic E-state index is 0.118. The zero-order valence-corrected chi connectivity index (χ0v) is 26.6. The van der Waals surface area contributed by atoms with Crippen molar-refractivity contribution >= 4 is 40.1 Å². The zero-order valence-electron chi connectivity index (χ0n) is 25.9. The number of halogens is 1. The molecule has 4 aromatic carbocycles. The number of benzene rings is 4. The fourth-order valence-corrected chi connectivity index (χ4v) is 5.48. The molecular formula is C37H38ClN5O3. The molecule has 0 bridgehead atoms. The van der Waals surface area contributed by atoms with E-state index in [0.717, 1.165) is 46.3 Å². The lowest BCUT2D eigenvalue weighted by atomic mass is 9.97. The standard InChI is InChI=1S/C37H38ClN5O3/c1-25(41-32-24-31(46-2)23-29-16-10-21-39-34(29)32)11-9-22-40-37(45)43-35(27-14-7-4-8-15-27)36(44)42-33(26-12-5-3-6-13-26)28-17-19-30(38)20-18-28/h3-8,10,12-21,23-25,33,35,41H,9,11,22H2,1-2H3,(H,42,44)(H2,40,43,45). The molecule has 5 rings (SSSR count). The van der Waals surface area contributed by atoms with Crippen LogP contribution in [-0.2, 0) is 4.79 Å². The summed E-state index contributed by atoms with van der Waals surface area (Å²) in [7, 11) is 1.65. The van der Waals surface area contributed by atoms with Gasteiger partial charge in [-0.25, -0.2) is 4.79 Å². The summed E-state index contributed by atoms with van der Waals surface area (Å²) in [6.07, 6.45) is 3.30. The average molecular weight is 636 g/mol. The molecule has 46 heavy (non-hydrogen) atoms. The van der Waals surface area contributed by atoms with Gasteiger partial charge in [0, 0.05) is 35.3 Å². The first-order chi connectivity index (χ1) is 22.4. The van der Waals surface area contributed by atoms with E-state index in [4.69, 9.17) is 16.3 Å². The third kappa shape index (κ3) is 8.55. The Balaban J connectivity index is 1.20. The first kappa shape index (κ1) is 32.3. The van der Waals surface area contributed by atoms with Crippen LogP contribution in [0.15, 0.2) is 115 Å². The van der Waals surface area contributed by atoms with Crippen molar-refractivity contribution in [1.29, 1.82) is 0 Å². The highest BCUT2D eigenvalue weighted by molar-refractivity contribution is 6.30. The van der Waals surface area contributed by atoms with Gasteiger partial charge in [-0.15, -0.1) is 0 Å². The Labute approximate surface area is 274 Å². The number of nitrogens with one attached hydrogen (secondary N) is 4. The molecule has 0 aliphatic rings. The Morgan fingerprint density at radius 2 is 1.50 bits per heavy atom. The third-order valence-electron chi connectivity index (χ3n) is 7.71. The Bertz CT molecular complexity index is 1740. The predicted octanol–water partition coefficient (Wildman–Crippen LogP) is 7.42. The normalized spacial score (nSPS) is 12.8. The topological polar surface area (TPSA) is 104 Å². The molecule has 1 heterocycles. The molecule has 0 spiro atoms. The SMILES string of the molecule is COc1cc(NC(C)CCCNC(=O)NC(C(=O)NC(c2ccccc2)c2ccc(Cl)cc2)c2ccccc2)c2ncccc2c1. The Morgan fingerprint density at radius 1 is 0.826 bits per heavy atom. The van der Waals surface area contributed by atoms with Crippen LogP contribution in [0.5, 0.6) is 5.75 Å². The van der Waals surface area contributed by atoms with E-state index in [1.807, 2.05) is 97.1 Å². The van der Waals surface area contributed by atoms with Crippen LogP contribution in [0.25, 0.3) is 10.9 Å². The first-order valence-electron chi connectivity index (χ1n) is 15.3. The number of anilines is 1. The van der Waals surface area contributed by atoms with Gasteiger partial charge in [0.15, 0.2) is 0 Å². The second-order valence-electron chi connectivity index (χ2n) is 11.1. The number of carbonyl (C=O) groups excluding carboxylic acids is 2. The van der Waals surface area contributed by atoms with E-state index in [2.05, 4.69) is 33.2 Å². The molecule has 3 amide bonds. The number of nitrogens with zero attached hydrogens (tertiary/aromatic N) is 1. The van der Waals surface area contributed by atoms with Crippen molar-refractivity contribution in [2.75, 3.05) is 19.0 Å². The van der Waals surface area contributed by atoms with Crippen molar-refractivity contribution in [2.24, 2.45) is 0 Å². The molecular weight excluding hydrogens is 598 g/mol. The lowest BCUT2D eigenvalue weighted by Gasteiger charge is -2.25. The maximum Gasteiger partial charge on any atom is 0.315 e. The quantitative estimate of drug-likeness (QED) is 0.101. The summed E-state index contributed by atoms with van der Waals surface area (Å²) >= 11 is 6.14. The first-order valence-corrected chi connectivity index (χ1v) is 15.7. The molecule has 4 N–H and O–H groups in total. The van der Waals surface area contributed by atoms with Gasteiger partial charge in [-0.05, 0) is 60.7 Å². The Hall–Kier alpha value is -5.08.